The Balaban J connectivity index is 1.59. The molecule has 1 aromatic carbocycles. The molecular formula is C18H13ClN4O2S. The van der Waals surface area contributed by atoms with E-state index in [0.717, 1.165) is 21.5 Å². The highest BCUT2D eigenvalue weighted by molar-refractivity contribution is 7.22. The monoisotopic (exact) mass is 384 g/mol. The van der Waals surface area contributed by atoms with E-state index in [9.17, 15) is 9.59 Å². The Hall–Kier alpha value is -2.82. The summed E-state index contributed by atoms with van der Waals surface area (Å²) in [6.45, 7) is -0.0566. The van der Waals surface area contributed by atoms with Gasteiger partial charge in [0.05, 0.1) is 10.4 Å². The molecule has 0 spiro atoms. The third-order valence-corrected chi connectivity index (χ3v) is 5.52. The molecule has 1 aliphatic heterocycles. The van der Waals surface area contributed by atoms with Gasteiger partial charge in [0.2, 0.25) is 0 Å². The van der Waals surface area contributed by atoms with Crippen LogP contribution in [0.4, 0.5) is 5.69 Å². The molecule has 0 fully saturated rings. The first-order chi connectivity index (χ1) is 12.6. The minimum atomic E-state index is -0.712. The molecule has 2 N–H and O–H groups in total. The van der Waals surface area contributed by atoms with Crippen LogP contribution in [0.15, 0.2) is 36.4 Å². The Morgan fingerprint density at radius 1 is 1.42 bits per heavy atom. The molecular weight excluding hydrogens is 372 g/mol. The Morgan fingerprint density at radius 3 is 3.00 bits per heavy atom. The summed E-state index contributed by atoms with van der Waals surface area (Å²) < 4.78 is 0.643. The highest BCUT2D eigenvalue weighted by atomic mass is 35.5. The zero-order valence-electron chi connectivity index (χ0n) is 13.5. The van der Waals surface area contributed by atoms with E-state index in [4.69, 9.17) is 16.9 Å². The number of H-pyrrole nitrogens is 1. The van der Waals surface area contributed by atoms with Gasteiger partial charge in [-0.05, 0) is 23.8 Å². The number of hydrogen-bond donors (Lipinski definition) is 2. The van der Waals surface area contributed by atoms with Crippen LogP contribution in [-0.4, -0.2) is 29.4 Å². The number of carbonyl (C=O) groups excluding carboxylic acids is 2. The smallest absolute Gasteiger partial charge is 0.268 e. The van der Waals surface area contributed by atoms with Crippen LogP contribution in [0.1, 0.15) is 16.1 Å². The molecule has 2 aromatic heterocycles. The van der Waals surface area contributed by atoms with Gasteiger partial charge in [0, 0.05) is 17.5 Å². The van der Waals surface area contributed by atoms with Crippen LogP contribution < -0.4 is 10.2 Å². The van der Waals surface area contributed by atoms with Crippen molar-refractivity contribution in [2.75, 3.05) is 11.4 Å². The van der Waals surface area contributed by atoms with Crippen LogP contribution in [0.25, 0.3) is 10.2 Å². The van der Waals surface area contributed by atoms with E-state index in [0.29, 0.717) is 16.5 Å². The summed E-state index contributed by atoms with van der Waals surface area (Å²) in [5, 5.41) is 12.7. The minimum absolute atomic E-state index is 0.0566. The maximum Gasteiger partial charge on any atom is 0.268 e. The SMILES string of the molecule is N#CCN1C(=O)[C@@H](NC(=O)c2cc3cc(Cl)sc3[nH]2)Cc2ccccc21. The van der Waals surface area contributed by atoms with E-state index in [1.165, 1.54) is 16.2 Å². The molecule has 1 atom stereocenters. The molecule has 6 nitrogen and oxygen atoms in total. The average Bonchev–Trinajstić information content (AvgIpc) is 3.16. The van der Waals surface area contributed by atoms with E-state index < -0.39 is 6.04 Å². The molecule has 2 amide bonds. The van der Waals surface area contributed by atoms with E-state index in [2.05, 4.69) is 10.3 Å². The molecule has 26 heavy (non-hydrogen) atoms. The van der Waals surface area contributed by atoms with Crippen molar-refractivity contribution < 1.29 is 9.59 Å². The number of halogens is 1. The first-order valence-corrected chi connectivity index (χ1v) is 9.11. The van der Waals surface area contributed by atoms with Crippen molar-refractivity contribution in [2.45, 2.75) is 12.5 Å². The fourth-order valence-corrected chi connectivity index (χ4v) is 4.28. The maximum absolute atomic E-state index is 12.7. The van der Waals surface area contributed by atoms with Gasteiger partial charge in [0.25, 0.3) is 11.8 Å². The number of para-hydroxylation sites is 1. The predicted molar refractivity (Wildman–Crippen MR) is 101 cm³/mol. The van der Waals surface area contributed by atoms with Crippen molar-refractivity contribution in [3.8, 4) is 6.07 Å². The summed E-state index contributed by atoms with van der Waals surface area (Å²) in [4.78, 5) is 30.6. The number of benzene rings is 1. The Bertz CT molecular complexity index is 1030. The number of rotatable bonds is 3. The highest BCUT2D eigenvalue weighted by Crippen LogP contribution is 2.30. The van der Waals surface area contributed by atoms with Gasteiger partial charge >= 0.3 is 0 Å². The fourth-order valence-electron chi connectivity index (χ4n) is 3.16. The summed E-state index contributed by atoms with van der Waals surface area (Å²) in [6, 6.07) is 12.2. The van der Waals surface area contributed by atoms with Gasteiger partial charge in [0.15, 0.2) is 0 Å². The third-order valence-electron chi connectivity index (χ3n) is 4.33. The second kappa shape index (κ2) is 6.48. The number of anilines is 1. The van der Waals surface area contributed by atoms with Crippen molar-refractivity contribution >= 4 is 50.7 Å². The molecule has 3 heterocycles. The third kappa shape index (κ3) is 2.83. The first-order valence-electron chi connectivity index (χ1n) is 7.92. The van der Waals surface area contributed by atoms with E-state index in [1.807, 2.05) is 30.3 Å². The summed E-state index contributed by atoms with van der Waals surface area (Å²) in [5.41, 5.74) is 2.02. The second-order valence-corrected chi connectivity index (χ2v) is 7.64. The number of aromatic amines is 1. The lowest BCUT2D eigenvalue weighted by molar-refractivity contribution is -0.120. The van der Waals surface area contributed by atoms with Gasteiger partial charge in [0.1, 0.15) is 23.1 Å². The van der Waals surface area contributed by atoms with E-state index in [-0.39, 0.29) is 18.4 Å². The van der Waals surface area contributed by atoms with Gasteiger partial charge in [-0.1, -0.05) is 29.8 Å². The van der Waals surface area contributed by atoms with Crippen LogP contribution in [0.5, 0.6) is 0 Å². The fraction of sp³-hybridized carbons (Fsp3) is 0.167. The number of nitrogens with one attached hydrogen (secondary N) is 2. The van der Waals surface area contributed by atoms with Crippen molar-refractivity contribution in [2.24, 2.45) is 0 Å². The second-order valence-electron chi connectivity index (χ2n) is 5.96. The zero-order valence-corrected chi connectivity index (χ0v) is 15.0. The van der Waals surface area contributed by atoms with Gasteiger partial charge in [-0.25, -0.2) is 0 Å². The largest absolute Gasteiger partial charge is 0.342 e. The Labute approximate surface area is 158 Å². The topological polar surface area (TPSA) is 89.0 Å². The van der Waals surface area contributed by atoms with E-state index in [1.54, 1.807) is 12.1 Å². The van der Waals surface area contributed by atoms with Gasteiger partial charge in [-0.15, -0.1) is 11.3 Å². The molecule has 0 unspecified atom stereocenters. The zero-order chi connectivity index (χ0) is 18.3. The van der Waals surface area contributed by atoms with Gasteiger partial charge in [-0.2, -0.15) is 5.26 Å². The summed E-state index contributed by atoms with van der Waals surface area (Å²) in [5.74, 6) is -0.644. The molecule has 1 aliphatic rings. The van der Waals surface area contributed by atoms with Crippen molar-refractivity contribution in [3.63, 3.8) is 0 Å². The average molecular weight is 385 g/mol. The Morgan fingerprint density at radius 2 is 2.23 bits per heavy atom. The normalized spacial score (nSPS) is 16.4. The molecule has 0 radical (unpaired) electrons. The molecule has 0 saturated carbocycles. The summed E-state index contributed by atoms with van der Waals surface area (Å²) in [7, 11) is 0. The van der Waals surface area contributed by atoms with Gasteiger partial charge < -0.3 is 10.3 Å². The van der Waals surface area contributed by atoms with Crippen molar-refractivity contribution in [1.82, 2.24) is 10.3 Å². The number of thiophene rings is 1. The lowest BCUT2D eigenvalue weighted by Gasteiger charge is -2.32. The van der Waals surface area contributed by atoms with E-state index >= 15 is 0 Å². The van der Waals surface area contributed by atoms with Crippen LogP contribution in [0.3, 0.4) is 0 Å². The molecule has 8 heteroatoms. The number of fused-ring (bicyclic) bond motifs is 2. The standard InChI is InChI=1S/C18H13ClN4O2S/c19-15-9-11-8-12(22-17(11)26-15)16(24)21-13-7-10-3-1-2-4-14(10)23(6-5-20)18(13)25/h1-4,8-9,13,22H,6-7H2,(H,21,24)/t13-/m0/s1. The van der Waals surface area contributed by atoms with Crippen molar-refractivity contribution in [3.05, 3.63) is 52.0 Å². The van der Waals surface area contributed by atoms with Gasteiger partial charge in [-0.3, -0.25) is 14.5 Å². The van der Waals surface area contributed by atoms with Crippen LogP contribution in [0, 0.1) is 11.3 Å². The maximum atomic E-state index is 12.7. The lowest BCUT2D eigenvalue weighted by Crippen LogP contribution is -2.53. The highest BCUT2D eigenvalue weighted by Gasteiger charge is 2.33. The predicted octanol–water partition coefficient (Wildman–Crippen LogP) is 3.09. The number of amides is 2. The summed E-state index contributed by atoms with van der Waals surface area (Å²) >= 11 is 7.30. The number of carbonyl (C=O) groups is 2. The molecule has 0 bridgehead atoms. The molecule has 3 aromatic rings. The first kappa shape index (κ1) is 16.6. The number of nitrogens with zero attached hydrogens (tertiary/aromatic N) is 2. The molecule has 0 saturated heterocycles. The number of aromatic nitrogens is 1. The number of hydrogen-bond acceptors (Lipinski definition) is 4. The number of nitriles is 1. The molecule has 130 valence electrons. The lowest BCUT2D eigenvalue weighted by atomic mass is 9.97. The Kier molecular flexibility index (Phi) is 4.15. The minimum Gasteiger partial charge on any atom is -0.342 e. The molecule has 4 rings (SSSR count). The summed E-state index contributed by atoms with van der Waals surface area (Å²) in [6.07, 6.45) is 0.392. The quantitative estimate of drug-likeness (QED) is 0.680. The van der Waals surface area contributed by atoms with Crippen LogP contribution >= 0.6 is 22.9 Å². The van der Waals surface area contributed by atoms with Crippen molar-refractivity contribution in [1.29, 1.82) is 5.26 Å². The van der Waals surface area contributed by atoms with Crippen LogP contribution in [0.2, 0.25) is 4.34 Å². The molecule has 0 aliphatic carbocycles. The van der Waals surface area contributed by atoms with Crippen LogP contribution in [-0.2, 0) is 11.2 Å².